The lowest BCUT2D eigenvalue weighted by atomic mass is 9.98. The number of alkyl carbamates (subject to hydrolysis) is 1. The molecule has 0 bridgehead atoms. The normalized spacial score (nSPS) is 13.9. The van der Waals surface area contributed by atoms with E-state index in [2.05, 4.69) is 34.9 Å². The van der Waals surface area contributed by atoms with Crippen LogP contribution in [0, 0.1) is 0 Å². The minimum absolute atomic E-state index is 0.0116. The molecule has 3 rings (SSSR count). The number of carbonyl (C=O) groups excluding carboxylic acids is 2. The van der Waals surface area contributed by atoms with Gasteiger partial charge in [-0.25, -0.2) is 9.59 Å². The Kier molecular flexibility index (Phi) is 9.08. The van der Waals surface area contributed by atoms with E-state index in [-0.39, 0.29) is 24.9 Å². The van der Waals surface area contributed by atoms with Crippen LogP contribution in [0.5, 0.6) is 0 Å². The van der Waals surface area contributed by atoms with Crippen molar-refractivity contribution in [3.05, 3.63) is 59.7 Å². The molecular weight excluding hydrogens is 432 g/mol. The first-order valence-electron chi connectivity index (χ1n) is 12.1. The van der Waals surface area contributed by atoms with Gasteiger partial charge in [0, 0.05) is 18.4 Å². The number of hydrogen-bond acceptors (Lipinski definition) is 4. The van der Waals surface area contributed by atoms with Crippen LogP contribution in [0.15, 0.2) is 48.5 Å². The number of ether oxygens (including phenoxy) is 1. The molecule has 2 atom stereocenters. The average Bonchev–Trinajstić information content (AvgIpc) is 3.14. The molecule has 2 aromatic carbocycles. The fourth-order valence-corrected chi connectivity index (χ4v) is 4.51. The van der Waals surface area contributed by atoms with E-state index in [0.717, 1.165) is 35.1 Å². The zero-order chi connectivity index (χ0) is 24.5. The summed E-state index contributed by atoms with van der Waals surface area (Å²) in [6, 6.07) is 14.9. The molecule has 2 amide bonds. The highest BCUT2D eigenvalue weighted by atomic mass is 16.5. The fraction of sp³-hybridized carbons (Fsp3) is 0.444. The van der Waals surface area contributed by atoms with Gasteiger partial charge in [-0.05, 0) is 35.1 Å². The first-order chi connectivity index (χ1) is 16.4. The van der Waals surface area contributed by atoms with Crippen LogP contribution in [0.25, 0.3) is 11.1 Å². The molecule has 34 heavy (non-hydrogen) atoms. The number of nitrogens with one attached hydrogen (secondary N) is 2. The van der Waals surface area contributed by atoms with Crippen LogP contribution >= 0.6 is 0 Å². The van der Waals surface area contributed by atoms with Crippen molar-refractivity contribution in [2.24, 2.45) is 0 Å². The van der Waals surface area contributed by atoms with Gasteiger partial charge in [0.15, 0.2) is 0 Å². The van der Waals surface area contributed by atoms with E-state index < -0.39 is 24.1 Å². The smallest absolute Gasteiger partial charge is 0.407 e. The van der Waals surface area contributed by atoms with Crippen molar-refractivity contribution in [2.45, 2.75) is 70.4 Å². The Hall–Kier alpha value is -3.35. The Balaban J connectivity index is 1.60. The highest BCUT2D eigenvalue weighted by molar-refractivity contribution is 5.84. The molecule has 0 saturated carbocycles. The molecule has 1 aliphatic rings. The number of carboxylic acids is 1. The maximum absolute atomic E-state index is 12.7. The second-order valence-electron chi connectivity index (χ2n) is 8.76. The Bertz CT molecular complexity index is 961. The van der Waals surface area contributed by atoms with Crippen molar-refractivity contribution in [3.63, 3.8) is 0 Å². The third-order valence-corrected chi connectivity index (χ3v) is 6.21. The van der Waals surface area contributed by atoms with E-state index in [1.54, 1.807) is 0 Å². The Morgan fingerprint density at radius 2 is 1.53 bits per heavy atom. The number of carbonyl (C=O) groups is 3. The van der Waals surface area contributed by atoms with Crippen LogP contribution in [0.3, 0.4) is 0 Å². The number of aliphatic carboxylic acids is 1. The minimum atomic E-state index is -1.05. The summed E-state index contributed by atoms with van der Waals surface area (Å²) in [5.74, 6) is -1.48. The Morgan fingerprint density at radius 3 is 2.09 bits per heavy atom. The predicted octanol–water partition coefficient (Wildman–Crippen LogP) is 4.84. The summed E-state index contributed by atoms with van der Waals surface area (Å²) in [4.78, 5) is 36.5. The van der Waals surface area contributed by atoms with Gasteiger partial charge in [-0.15, -0.1) is 0 Å². The molecule has 0 fully saturated rings. The van der Waals surface area contributed by atoms with Crippen LogP contribution in [-0.4, -0.2) is 41.8 Å². The van der Waals surface area contributed by atoms with Crippen molar-refractivity contribution in [1.82, 2.24) is 10.6 Å². The number of hydrogen-bond donors (Lipinski definition) is 3. The molecule has 0 radical (unpaired) electrons. The fourth-order valence-electron chi connectivity index (χ4n) is 4.51. The molecule has 2 aromatic rings. The minimum Gasteiger partial charge on any atom is -0.480 e. The molecule has 0 spiro atoms. The zero-order valence-corrected chi connectivity index (χ0v) is 19.9. The Morgan fingerprint density at radius 1 is 0.912 bits per heavy atom. The zero-order valence-electron chi connectivity index (χ0n) is 19.9. The second-order valence-corrected chi connectivity index (χ2v) is 8.76. The summed E-state index contributed by atoms with van der Waals surface area (Å²) in [6.45, 7) is 4.10. The monoisotopic (exact) mass is 466 g/mol. The lowest BCUT2D eigenvalue weighted by Crippen LogP contribution is -2.44. The highest BCUT2D eigenvalue weighted by Gasteiger charge is 2.29. The van der Waals surface area contributed by atoms with Crippen molar-refractivity contribution in [2.75, 3.05) is 6.61 Å². The third-order valence-electron chi connectivity index (χ3n) is 6.21. The number of carboxylic acid groups (broad SMARTS) is 1. The van der Waals surface area contributed by atoms with Crippen molar-refractivity contribution >= 4 is 18.0 Å². The third kappa shape index (κ3) is 6.37. The molecule has 182 valence electrons. The van der Waals surface area contributed by atoms with Gasteiger partial charge in [-0.2, -0.15) is 0 Å². The van der Waals surface area contributed by atoms with Crippen LogP contribution in [0.4, 0.5) is 4.79 Å². The summed E-state index contributed by atoms with van der Waals surface area (Å²) in [5.41, 5.74) is 4.58. The maximum atomic E-state index is 12.7. The summed E-state index contributed by atoms with van der Waals surface area (Å²) >= 11 is 0. The average molecular weight is 467 g/mol. The molecular formula is C27H34N2O5. The molecule has 7 nitrogen and oxygen atoms in total. The van der Waals surface area contributed by atoms with Gasteiger partial charge in [0.2, 0.25) is 5.91 Å². The standard InChI is InChI=1S/C27H34N2O5/c1-3-5-11-18(16-25(30)29-24(10-4-2)26(31)32)28-27(33)34-17-23-21-14-8-6-12-19(21)20-13-7-9-15-22(20)23/h6-9,12-15,18,23-24H,3-5,10-11,16-17H2,1-2H3,(H,28,33)(H,29,30)(H,31,32)/t18-,24-/m0/s1. The molecule has 7 heteroatoms. The van der Waals surface area contributed by atoms with Gasteiger partial charge in [0.25, 0.3) is 0 Å². The molecule has 0 aliphatic heterocycles. The molecule has 1 aliphatic carbocycles. The maximum Gasteiger partial charge on any atom is 0.407 e. The van der Waals surface area contributed by atoms with Gasteiger partial charge in [-0.3, -0.25) is 4.79 Å². The van der Waals surface area contributed by atoms with Gasteiger partial charge >= 0.3 is 12.1 Å². The quantitative estimate of drug-likeness (QED) is 0.415. The molecule has 0 unspecified atom stereocenters. The van der Waals surface area contributed by atoms with Crippen molar-refractivity contribution in [3.8, 4) is 11.1 Å². The van der Waals surface area contributed by atoms with E-state index in [1.807, 2.05) is 38.1 Å². The number of unbranched alkanes of at least 4 members (excludes halogenated alkanes) is 1. The topological polar surface area (TPSA) is 105 Å². The summed E-state index contributed by atoms with van der Waals surface area (Å²) < 4.78 is 5.61. The van der Waals surface area contributed by atoms with Crippen LogP contribution in [0.1, 0.15) is 69.4 Å². The number of benzene rings is 2. The van der Waals surface area contributed by atoms with Crippen LogP contribution < -0.4 is 10.6 Å². The van der Waals surface area contributed by atoms with Crippen LogP contribution in [-0.2, 0) is 14.3 Å². The summed E-state index contributed by atoms with van der Waals surface area (Å²) in [7, 11) is 0. The lowest BCUT2D eigenvalue weighted by Gasteiger charge is -2.21. The molecule has 3 N–H and O–H groups in total. The number of amides is 2. The van der Waals surface area contributed by atoms with Crippen molar-refractivity contribution < 1.29 is 24.2 Å². The van der Waals surface area contributed by atoms with E-state index in [1.165, 1.54) is 0 Å². The van der Waals surface area contributed by atoms with E-state index in [0.29, 0.717) is 19.3 Å². The molecule has 0 saturated heterocycles. The first kappa shape index (κ1) is 25.3. The highest BCUT2D eigenvalue weighted by Crippen LogP contribution is 2.44. The molecule has 0 aromatic heterocycles. The Labute approximate surface area is 200 Å². The van der Waals surface area contributed by atoms with Gasteiger partial charge in [0.05, 0.1) is 0 Å². The van der Waals surface area contributed by atoms with Crippen LogP contribution in [0.2, 0.25) is 0 Å². The van der Waals surface area contributed by atoms with E-state index in [4.69, 9.17) is 4.74 Å². The van der Waals surface area contributed by atoms with E-state index >= 15 is 0 Å². The van der Waals surface area contributed by atoms with Gasteiger partial charge in [0.1, 0.15) is 12.6 Å². The van der Waals surface area contributed by atoms with Gasteiger partial charge < -0.3 is 20.5 Å². The van der Waals surface area contributed by atoms with Gasteiger partial charge in [-0.1, -0.05) is 81.6 Å². The lowest BCUT2D eigenvalue weighted by molar-refractivity contribution is -0.142. The summed E-state index contributed by atoms with van der Waals surface area (Å²) in [5, 5.41) is 14.7. The largest absolute Gasteiger partial charge is 0.480 e. The second kappa shape index (κ2) is 12.2. The molecule has 0 heterocycles. The predicted molar refractivity (Wildman–Crippen MR) is 131 cm³/mol. The number of rotatable bonds is 12. The number of fused-ring (bicyclic) bond motifs is 3. The van der Waals surface area contributed by atoms with Crippen molar-refractivity contribution in [1.29, 1.82) is 0 Å². The summed E-state index contributed by atoms with van der Waals surface area (Å²) in [6.07, 6.45) is 2.81. The SMILES string of the molecule is CCCC[C@@H](CC(=O)N[C@@H](CCC)C(=O)O)NC(=O)OCC1c2ccccc2-c2ccccc21. The first-order valence-corrected chi connectivity index (χ1v) is 12.1. The van der Waals surface area contributed by atoms with E-state index in [9.17, 15) is 19.5 Å².